The third-order valence-electron chi connectivity index (χ3n) is 6.00. The first-order valence-corrected chi connectivity index (χ1v) is 12.4. The third kappa shape index (κ3) is 8.77. The molecule has 0 fully saturated rings. The van der Waals surface area contributed by atoms with Crippen LogP contribution in [0.4, 0.5) is 0 Å². The molecule has 0 spiro atoms. The van der Waals surface area contributed by atoms with Crippen LogP contribution in [-0.2, 0) is 22.6 Å². The summed E-state index contributed by atoms with van der Waals surface area (Å²) < 4.78 is 0. The van der Waals surface area contributed by atoms with Crippen molar-refractivity contribution < 1.29 is 14.7 Å². The van der Waals surface area contributed by atoms with Crippen LogP contribution in [0.2, 0.25) is 0 Å². The molecule has 37 heavy (non-hydrogen) atoms. The highest BCUT2D eigenvalue weighted by atomic mass is 16.3. The fourth-order valence-corrected chi connectivity index (χ4v) is 4.08. The molecule has 0 aliphatic rings. The van der Waals surface area contributed by atoms with Crippen LogP contribution in [-0.4, -0.2) is 42.1 Å². The molecule has 1 atom stereocenters. The Morgan fingerprint density at radius 3 is 1.92 bits per heavy atom. The highest BCUT2D eigenvalue weighted by molar-refractivity contribution is 5.92. The fourth-order valence-electron chi connectivity index (χ4n) is 4.08. The summed E-state index contributed by atoms with van der Waals surface area (Å²) in [7, 11) is 0. The van der Waals surface area contributed by atoms with E-state index in [9.17, 15) is 9.59 Å². The number of aliphatic hydroxyl groups is 1. The van der Waals surface area contributed by atoms with Crippen molar-refractivity contribution in [3.8, 4) is 0 Å². The third-order valence-corrected chi connectivity index (χ3v) is 6.00. The molecule has 7 N–H and O–H groups in total. The van der Waals surface area contributed by atoms with Crippen molar-refractivity contribution in [2.24, 2.45) is 16.5 Å². The van der Waals surface area contributed by atoms with Crippen LogP contribution in [0.1, 0.15) is 41.0 Å². The molecule has 3 rings (SSSR count). The van der Waals surface area contributed by atoms with Gasteiger partial charge in [0.2, 0.25) is 11.8 Å². The number of benzene rings is 3. The number of nitrogens with two attached hydrogens (primary N) is 2. The maximum absolute atomic E-state index is 13.6. The number of rotatable bonds is 13. The molecular formula is C29H35N5O3. The number of aliphatic imine (C=N–C) groups is 1. The number of guanidine groups is 1. The second kappa shape index (κ2) is 14.4. The van der Waals surface area contributed by atoms with Gasteiger partial charge in [0.1, 0.15) is 6.04 Å². The van der Waals surface area contributed by atoms with Gasteiger partial charge in [-0.1, -0.05) is 84.9 Å². The topological polar surface area (TPSA) is 143 Å². The maximum Gasteiger partial charge on any atom is 0.242 e. The van der Waals surface area contributed by atoms with Gasteiger partial charge in [0.25, 0.3) is 0 Å². The number of nitrogens with zero attached hydrogens (tertiary/aromatic N) is 1. The summed E-state index contributed by atoms with van der Waals surface area (Å²) >= 11 is 0. The van der Waals surface area contributed by atoms with E-state index in [4.69, 9.17) is 16.6 Å². The van der Waals surface area contributed by atoms with Gasteiger partial charge < -0.3 is 27.2 Å². The standard InChI is InChI=1S/C29H35N5O3/c30-29(31)32-18-7-12-25(27(36)33-20-22-15-13-21(14-16-22)17-19-35)34-28(37)26(23-8-3-1-4-9-23)24-10-5-2-6-11-24/h1-6,8-11,13-16,25-26,35H,7,12,17-20H2,(H,33,36)(H,34,37)(H4,30,31,32)/t25-/m0/s1. The molecule has 0 aromatic heterocycles. The summed E-state index contributed by atoms with van der Waals surface area (Å²) in [6, 6.07) is 25.9. The molecule has 194 valence electrons. The minimum atomic E-state index is -0.759. The van der Waals surface area contributed by atoms with E-state index in [1.54, 1.807) is 0 Å². The molecule has 0 bridgehead atoms. The number of hydrogen-bond acceptors (Lipinski definition) is 4. The van der Waals surface area contributed by atoms with Crippen molar-refractivity contribution in [1.29, 1.82) is 0 Å². The molecule has 0 unspecified atom stereocenters. The summed E-state index contributed by atoms with van der Waals surface area (Å²) in [4.78, 5) is 30.8. The molecule has 0 radical (unpaired) electrons. The zero-order valence-corrected chi connectivity index (χ0v) is 20.8. The van der Waals surface area contributed by atoms with Crippen LogP contribution >= 0.6 is 0 Å². The number of hydrogen-bond donors (Lipinski definition) is 5. The normalized spacial score (nSPS) is 11.5. The summed E-state index contributed by atoms with van der Waals surface area (Å²) in [5, 5.41) is 15.0. The van der Waals surface area contributed by atoms with Gasteiger partial charge in [0.05, 0.1) is 5.92 Å². The van der Waals surface area contributed by atoms with Crippen LogP contribution in [0.3, 0.4) is 0 Å². The molecular weight excluding hydrogens is 466 g/mol. The van der Waals surface area contributed by atoms with E-state index in [0.29, 0.717) is 32.4 Å². The molecule has 3 aromatic rings. The van der Waals surface area contributed by atoms with Gasteiger partial charge in [0, 0.05) is 19.7 Å². The van der Waals surface area contributed by atoms with E-state index in [1.165, 1.54) is 0 Å². The Hall–Kier alpha value is -4.17. The van der Waals surface area contributed by atoms with E-state index >= 15 is 0 Å². The highest BCUT2D eigenvalue weighted by Crippen LogP contribution is 2.25. The monoisotopic (exact) mass is 501 g/mol. The molecule has 8 heteroatoms. The summed E-state index contributed by atoms with van der Waals surface area (Å²) in [5.41, 5.74) is 14.5. The largest absolute Gasteiger partial charge is 0.396 e. The molecule has 0 saturated carbocycles. The van der Waals surface area contributed by atoms with Crippen LogP contribution in [0.25, 0.3) is 0 Å². The van der Waals surface area contributed by atoms with Crippen molar-refractivity contribution in [3.05, 3.63) is 107 Å². The second-order valence-corrected chi connectivity index (χ2v) is 8.77. The zero-order valence-electron chi connectivity index (χ0n) is 20.8. The zero-order chi connectivity index (χ0) is 26.5. The van der Waals surface area contributed by atoms with E-state index in [2.05, 4.69) is 15.6 Å². The summed E-state index contributed by atoms with van der Waals surface area (Å²) in [5.74, 6) is -1.11. The molecule has 0 saturated heterocycles. The van der Waals surface area contributed by atoms with Crippen LogP contribution in [0, 0.1) is 0 Å². The Kier molecular flexibility index (Phi) is 10.7. The number of carbonyl (C=O) groups is 2. The van der Waals surface area contributed by atoms with Crippen molar-refractivity contribution in [3.63, 3.8) is 0 Å². The lowest BCUT2D eigenvalue weighted by molar-refractivity contribution is -0.129. The lowest BCUT2D eigenvalue weighted by Crippen LogP contribution is -2.48. The maximum atomic E-state index is 13.6. The fraction of sp³-hybridized carbons (Fsp3) is 0.276. The lowest BCUT2D eigenvalue weighted by atomic mass is 9.90. The van der Waals surface area contributed by atoms with Gasteiger partial charge in [-0.05, 0) is 41.5 Å². The van der Waals surface area contributed by atoms with Crippen LogP contribution in [0.15, 0.2) is 89.9 Å². The Bertz CT molecular complexity index is 1110. The van der Waals surface area contributed by atoms with Crippen molar-refractivity contribution in [2.75, 3.05) is 13.2 Å². The molecule has 3 aromatic carbocycles. The van der Waals surface area contributed by atoms with Gasteiger partial charge in [0.15, 0.2) is 5.96 Å². The van der Waals surface area contributed by atoms with Crippen molar-refractivity contribution in [1.82, 2.24) is 10.6 Å². The minimum Gasteiger partial charge on any atom is -0.396 e. The number of aliphatic hydroxyl groups excluding tert-OH is 1. The first-order valence-electron chi connectivity index (χ1n) is 12.4. The van der Waals surface area contributed by atoms with Gasteiger partial charge in [-0.3, -0.25) is 14.6 Å². The average Bonchev–Trinajstić information content (AvgIpc) is 2.91. The van der Waals surface area contributed by atoms with Gasteiger partial charge in [-0.2, -0.15) is 0 Å². The van der Waals surface area contributed by atoms with E-state index in [-0.39, 0.29) is 24.4 Å². The van der Waals surface area contributed by atoms with Crippen molar-refractivity contribution in [2.45, 2.75) is 37.8 Å². The Morgan fingerprint density at radius 1 is 0.811 bits per heavy atom. The Morgan fingerprint density at radius 2 is 1.38 bits per heavy atom. The predicted molar refractivity (Wildman–Crippen MR) is 146 cm³/mol. The lowest BCUT2D eigenvalue weighted by Gasteiger charge is -2.23. The average molecular weight is 502 g/mol. The van der Waals surface area contributed by atoms with Gasteiger partial charge in [-0.25, -0.2) is 0 Å². The quantitative estimate of drug-likeness (QED) is 0.139. The van der Waals surface area contributed by atoms with Gasteiger partial charge >= 0.3 is 0 Å². The SMILES string of the molecule is NC(N)=NCCC[C@H](NC(=O)C(c1ccccc1)c1ccccc1)C(=O)NCc1ccc(CCO)cc1. The van der Waals surface area contributed by atoms with E-state index in [0.717, 1.165) is 22.3 Å². The van der Waals surface area contributed by atoms with Gasteiger partial charge in [-0.15, -0.1) is 0 Å². The van der Waals surface area contributed by atoms with E-state index < -0.39 is 12.0 Å². The number of carbonyl (C=O) groups excluding carboxylic acids is 2. The summed E-state index contributed by atoms with van der Waals surface area (Å²) in [6.45, 7) is 0.763. The van der Waals surface area contributed by atoms with E-state index in [1.807, 2.05) is 84.9 Å². The molecule has 8 nitrogen and oxygen atoms in total. The van der Waals surface area contributed by atoms with Crippen LogP contribution < -0.4 is 22.1 Å². The Labute approximate surface area is 217 Å². The van der Waals surface area contributed by atoms with Crippen molar-refractivity contribution >= 4 is 17.8 Å². The molecule has 0 heterocycles. The first-order chi connectivity index (χ1) is 18.0. The second-order valence-electron chi connectivity index (χ2n) is 8.77. The molecule has 0 aliphatic carbocycles. The van der Waals surface area contributed by atoms with Crippen LogP contribution in [0.5, 0.6) is 0 Å². The number of amides is 2. The summed E-state index contributed by atoms with van der Waals surface area (Å²) in [6.07, 6.45) is 1.48. The highest BCUT2D eigenvalue weighted by Gasteiger charge is 2.27. The molecule has 0 aliphatic heterocycles. The minimum absolute atomic E-state index is 0.0112. The Balaban J connectivity index is 1.74. The predicted octanol–water partition coefficient (Wildman–Crippen LogP) is 2.21. The smallest absolute Gasteiger partial charge is 0.242 e. The first kappa shape index (κ1) is 27.4. The number of nitrogens with one attached hydrogen (secondary N) is 2. The molecule has 2 amide bonds.